The van der Waals surface area contributed by atoms with Crippen molar-refractivity contribution in [2.24, 2.45) is 0 Å². The van der Waals surface area contributed by atoms with Crippen LogP contribution in [0.15, 0.2) is 29.0 Å². The standard InChI is InChI=1S/C15H19N5O2/c1-11-8-13(22-19-11)9-14(21)18-12-4-2-7-20(10-12)15-16-5-3-6-17-15/h3,5-6,8,12H,2,4,7,9-10H2,1H3,(H,18,21)/t12-/m1/s1. The molecule has 2 aromatic heterocycles. The van der Waals surface area contributed by atoms with Gasteiger partial charge in [-0.3, -0.25) is 4.79 Å². The summed E-state index contributed by atoms with van der Waals surface area (Å²) in [6.07, 6.45) is 5.65. The van der Waals surface area contributed by atoms with Gasteiger partial charge in [0.1, 0.15) is 5.76 Å². The lowest BCUT2D eigenvalue weighted by Crippen LogP contribution is -2.48. The van der Waals surface area contributed by atoms with E-state index in [0.29, 0.717) is 11.7 Å². The highest BCUT2D eigenvalue weighted by atomic mass is 16.5. The molecule has 3 rings (SSSR count). The van der Waals surface area contributed by atoms with Gasteiger partial charge in [0.25, 0.3) is 0 Å². The molecular weight excluding hydrogens is 282 g/mol. The van der Waals surface area contributed by atoms with E-state index in [2.05, 4.69) is 25.3 Å². The lowest BCUT2D eigenvalue weighted by Gasteiger charge is -2.33. The quantitative estimate of drug-likeness (QED) is 0.910. The summed E-state index contributed by atoms with van der Waals surface area (Å²) < 4.78 is 5.07. The number of piperidine rings is 1. The van der Waals surface area contributed by atoms with E-state index in [1.165, 1.54) is 0 Å². The molecule has 1 saturated heterocycles. The minimum Gasteiger partial charge on any atom is -0.361 e. The first-order valence-corrected chi connectivity index (χ1v) is 7.44. The number of aryl methyl sites for hydroxylation is 1. The summed E-state index contributed by atoms with van der Waals surface area (Å²) in [5.74, 6) is 1.26. The molecule has 2 aromatic rings. The summed E-state index contributed by atoms with van der Waals surface area (Å²) in [4.78, 5) is 22.7. The molecule has 0 saturated carbocycles. The molecule has 1 fully saturated rings. The van der Waals surface area contributed by atoms with Crippen LogP contribution < -0.4 is 10.2 Å². The predicted octanol–water partition coefficient (Wildman–Crippen LogP) is 1.10. The number of nitrogens with zero attached hydrogens (tertiary/aromatic N) is 4. The van der Waals surface area contributed by atoms with Gasteiger partial charge in [-0.15, -0.1) is 0 Å². The maximum Gasteiger partial charge on any atom is 0.228 e. The molecule has 3 heterocycles. The minimum atomic E-state index is -0.0445. The second kappa shape index (κ2) is 6.55. The molecule has 0 radical (unpaired) electrons. The second-order valence-electron chi connectivity index (χ2n) is 5.51. The third-order valence-electron chi connectivity index (χ3n) is 3.63. The maximum atomic E-state index is 12.1. The Morgan fingerprint density at radius 2 is 2.27 bits per heavy atom. The Labute approximate surface area is 128 Å². The number of hydrogen-bond donors (Lipinski definition) is 1. The summed E-state index contributed by atoms with van der Waals surface area (Å²) in [5, 5.41) is 6.84. The Bertz CT molecular complexity index is 628. The smallest absolute Gasteiger partial charge is 0.228 e. The Morgan fingerprint density at radius 3 is 3.00 bits per heavy atom. The fraction of sp³-hybridized carbons (Fsp3) is 0.467. The average molecular weight is 301 g/mol. The van der Waals surface area contributed by atoms with Crippen LogP contribution in [-0.4, -0.2) is 40.2 Å². The van der Waals surface area contributed by atoms with E-state index in [4.69, 9.17) is 4.52 Å². The van der Waals surface area contributed by atoms with Gasteiger partial charge in [-0.05, 0) is 25.8 Å². The molecule has 1 aliphatic heterocycles. The van der Waals surface area contributed by atoms with Gasteiger partial charge >= 0.3 is 0 Å². The van der Waals surface area contributed by atoms with Crippen LogP contribution in [-0.2, 0) is 11.2 Å². The Kier molecular flexibility index (Phi) is 4.32. The fourth-order valence-corrected chi connectivity index (χ4v) is 2.67. The molecule has 7 nitrogen and oxygen atoms in total. The van der Waals surface area contributed by atoms with E-state index < -0.39 is 0 Å². The van der Waals surface area contributed by atoms with E-state index >= 15 is 0 Å². The zero-order chi connectivity index (χ0) is 15.4. The Morgan fingerprint density at radius 1 is 1.45 bits per heavy atom. The number of anilines is 1. The lowest BCUT2D eigenvalue weighted by atomic mass is 10.1. The number of aromatic nitrogens is 3. The Balaban J connectivity index is 1.55. The number of carbonyl (C=O) groups excluding carboxylic acids is 1. The van der Waals surface area contributed by atoms with Crippen molar-refractivity contribution < 1.29 is 9.32 Å². The third kappa shape index (κ3) is 3.60. The SMILES string of the molecule is Cc1cc(CC(=O)N[C@@H]2CCCN(c3ncccn3)C2)on1. The highest BCUT2D eigenvalue weighted by Crippen LogP contribution is 2.15. The summed E-state index contributed by atoms with van der Waals surface area (Å²) in [5.41, 5.74) is 0.785. The zero-order valence-corrected chi connectivity index (χ0v) is 12.5. The normalized spacial score (nSPS) is 18.2. The van der Waals surface area contributed by atoms with Gasteiger partial charge in [0.2, 0.25) is 11.9 Å². The van der Waals surface area contributed by atoms with Gasteiger partial charge in [-0.2, -0.15) is 0 Å². The van der Waals surface area contributed by atoms with Gasteiger partial charge in [0.15, 0.2) is 0 Å². The van der Waals surface area contributed by atoms with Crippen LogP contribution in [0.3, 0.4) is 0 Å². The number of rotatable bonds is 4. The molecule has 22 heavy (non-hydrogen) atoms. The van der Waals surface area contributed by atoms with E-state index in [1.54, 1.807) is 24.5 Å². The van der Waals surface area contributed by atoms with Crippen LogP contribution in [0.4, 0.5) is 5.95 Å². The molecular formula is C15H19N5O2. The fourth-order valence-electron chi connectivity index (χ4n) is 2.67. The number of hydrogen-bond acceptors (Lipinski definition) is 6. The van der Waals surface area contributed by atoms with Gasteiger partial charge in [0, 0.05) is 37.6 Å². The maximum absolute atomic E-state index is 12.1. The summed E-state index contributed by atoms with van der Waals surface area (Å²) in [6.45, 7) is 3.48. The lowest BCUT2D eigenvalue weighted by molar-refractivity contribution is -0.121. The van der Waals surface area contributed by atoms with Gasteiger partial charge < -0.3 is 14.7 Å². The molecule has 0 unspecified atom stereocenters. The summed E-state index contributed by atoms with van der Waals surface area (Å²) in [7, 11) is 0. The minimum absolute atomic E-state index is 0.0445. The van der Waals surface area contributed by atoms with E-state index in [0.717, 1.165) is 31.6 Å². The third-order valence-corrected chi connectivity index (χ3v) is 3.63. The number of amides is 1. The molecule has 1 N–H and O–H groups in total. The van der Waals surface area contributed by atoms with Gasteiger partial charge in [0.05, 0.1) is 12.1 Å². The van der Waals surface area contributed by atoms with E-state index in [1.807, 2.05) is 6.92 Å². The molecule has 0 aromatic carbocycles. The number of carbonyl (C=O) groups is 1. The molecule has 7 heteroatoms. The van der Waals surface area contributed by atoms with E-state index in [9.17, 15) is 4.79 Å². The molecule has 116 valence electrons. The van der Waals surface area contributed by atoms with Crippen molar-refractivity contribution in [3.05, 3.63) is 36.0 Å². The monoisotopic (exact) mass is 301 g/mol. The first-order valence-electron chi connectivity index (χ1n) is 7.44. The first kappa shape index (κ1) is 14.5. The van der Waals surface area contributed by atoms with Crippen LogP contribution >= 0.6 is 0 Å². The zero-order valence-electron chi connectivity index (χ0n) is 12.5. The van der Waals surface area contributed by atoms with Crippen LogP contribution in [0.1, 0.15) is 24.3 Å². The summed E-state index contributed by atoms with van der Waals surface area (Å²) in [6, 6.07) is 3.69. The molecule has 1 atom stereocenters. The van der Waals surface area contributed by atoms with Crippen LogP contribution in [0.25, 0.3) is 0 Å². The molecule has 1 aliphatic rings. The second-order valence-corrected chi connectivity index (χ2v) is 5.51. The van der Waals surface area contributed by atoms with Crippen molar-refractivity contribution in [3.63, 3.8) is 0 Å². The van der Waals surface area contributed by atoms with Crippen molar-refractivity contribution in [2.75, 3.05) is 18.0 Å². The average Bonchev–Trinajstić information content (AvgIpc) is 2.93. The number of nitrogens with one attached hydrogen (secondary N) is 1. The molecule has 0 bridgehead atoms. The van der Waals surface area contributed by atoms with Crippen LogP contribution in [0.2, 0.25) is 0 Å². The largest absolute Gasteiger partial charge is 0.361 e. The Hall–Kier alpha value is -2.44. The van der Waals surface area contributed by atoms with Crippen molar-refractivity contribution in [1.82, 2.24) is 20.4 Å². The van der Waals surface area contributed by atoms with E-state index in [-0.39, 0.29) is 18.4 Å². The molecule has 0 spiro atoms. The first-order chi connectivity index (χ1) is 10.7. The van der Waals surface area contributed by atoms with Crippen LogP contribution in [0.5, 0.6) is 0 Å². The van der Waals surface area contributed by atoms with Gasteiger partial charge in [-0.1, -0.05) is 5.16 Å². The van der Waals surface area contributed by atoms with Gasteiger partial charge in [-0.25, -0.2) is 9.97 Å². The molecule has 0 aliphatic carbocycles. The van der Waals surface area contributed by atoms with Crippen molar-refractivity contribution in [1.29, 1.82) is 0 Å². The van der Waals surface area contributed by atoms with Crippen molar-refractivity contribution in [3.8, 4) is 0 Å². The topological polar surface area (TPSA) is 84.2 Å². The summed E-state index contributed by atoms with van der Waals surface area (Å²) >= 11 is 0. The van der Waals surface area contributed by atoms with Crippen LogP contribution in [0, 0.1) is 6.92 Å². The van der Waals surface area contributed by atoms with Crippen molar-refractivity contribution >= 4 is 11.9 Å². The highest BCUT2D eigenvalue weighted by molar-refractivity contribution is 5.78. The highest BCUT2D eigenvalue weighted by Gasteiger charge is 2.23. The molecule has 1 amide bonds. The van der Waals surface area contributed by atoms with Crippen molar-refractivity contribution in [2.45, 2.75) is 32.2 Å². The predicted molar refractivity (Wildman–Crippen MR) is 80.4 cm³/mol.